The summed E-state index contributed by atoms with van der Waals surface area (Å²) in [6.45, 7) is 2.69. The Morgan fingerprint density at radius 2 is 1.89 bits per heavy atom. The highest BCUT2D eigenvalue weighted by Crippen LogP contribution is 2.44. The number of carbonyl (C=O) groups excluding carboxylic acids is 1. The normalized spacial score (nSPS) is 18.4. The van der Waals surface area contributed by atoms with Crippen LogP contribution < -0.4 is 0 Å². The molecule has 3 aromatic rings. The second-order valence-corrected chi connectivity index (χ2v) is 8.57. The molecule has 3 heterocycles. The third-order valence-corrected chi connectivity index (χ3v) is 7.25. The molecule has 1 aliphatic carbocycles. The molecule has 4 heteroatoms. The fourth-order valence-electron chi connectivity index (χ4n) is 4.62. The molecule has 5 rings (SSSR count). The molecule has 0 fully saturated rings. The smallest absolute Gasteiger partial charge is 0.223 e. The molecule has 2 aromatic heterocycles. The first-order valence-corrected chi connectivity index (χ1v) is 10.7. The van der Waals surface area contributed by atoms with Gasteiger partial charge in [-0.3, -0.25) is 4.79 Å². The number of hydrogen-bond donors (Lipinski definition) is 0. The second kappa shape index (κ2) is 6.68. The molecular weight excluding hydrogens is 352 g/mol. The molecule has 1 amide bonds. The van der Waals surface area contributed by atoms with Crippen LogP contribution in [0.25, 0.3) is 5.00 Å². The summed E-state index contributed by atoms with van der Waals surface area (Å²) >= 11 is 1.94. The maximum atomic E-state index is 13.1. The maximum Gasteiger partial charge on any atom is 0.223 e. The summed E-state index contributed by atoms with van der Waals surface area (Å²) in [6.07, 6.45) is 7.60. The third kappa shape index (κ3) is 2.66. The summed E-state index contributed by atoms with van der Waals surface area (Å²) in [4.78, 5) is 16.7. The number of thiophene rings is 1. The molecule has 1 aromatic carbocycles. The van der Waals surface area contributed by atoms with Crippen LogP contribution in [0, 0.1) is 0 Å². The maximum absolute atomic E-state index is 13.1. The fraction of sp³-hybridized carbons (Fsp3) is 0.348. The highest BCUT2D eigenvalue weighted by Gasteiger charge is 2.35. The zero-order valence-electron chi connectivity index (χ0n) is 15.6. The van der Waals surface area contributed by atoms with Crippen LogP contribution in [0.15, 0.2) is 48.7 Å². The Labute approximate surface area is 164 Å². The molecule has 27 heavy (non-hydrogen) atoms. The lowest BCUT2D eigenvalue weighted by atomic mass is 9.95. The first-order valence-electron chi connectivity index (χ1n) is 9.93. The van der Waals surface area contributed by atoms with Crippen molar-refractivity contribution in [3.8, 4) is 5.00 Å². The predicted octanol–water partition coefficient (Wildman–Crippen LogP) is 5.26. The summed E-state index contributed by atoms with van der Waals surface area (Å²) < 4.78 is 2.35. The molecule has 2 aliphatic rings. The van der Waals surface area contributed by atoms with Gasteiger partial charge >= 0.3 is 0 Å². The Kier molecular flexibility index (Phi) is 4.16. The Balaban J connectivity index is 1.74. The average Bonchev–Trinajstić information content (AvgIpc) is 3.30. The van der Waals surface area contributed by atoms with E-state index in [4.69, 9.17) is 0 Å². The predicted molar refractivity (Wildman–Crippen MR) is 109 cm³/mol. The summed E-state index contributed by atoms with van der Waals surface area (Å²) in [7, 11) is 0. The minimum absolute atomic E-state index is 0.0347. The molecule has 0 radical (unpaired) electrons. The highest BCUT2D eigenvalue weighted by atomic mass is 32.1. The van der Waals surface area contributed by atoms with Crippen molar-refractivity contribution in [2.75, 3.05) is 0 Å². The molecule has 0 saturated carbocycles. The Bertz CT molecular complexity index is 985. The van der Waals surface area contributed by atoms with Gasteiger partial charge < -0.3 is 9.47 Å². The van der Waals surface area contributed by atoms with Gasteiger partial charge in [0.1, 0.15) is 5.00 Å². The van der Waals surface area contributed by atoms with Crippen LogP contribution in [0.4, 0.5) is 0 Å². The van der Waals surface area contributed by atoms with Crippen LogP contribution in [-0.2, 0) is 24.2 Å². The van der Waals surface area contributed by atoms with Crippen molar-refractivity contribution in [1.82, 2.24) is 9.47 Å². The lowest BCUT2D eigenvalue weighted by Crippen LogP contribution is -2.34. The van der Waals surface area contributed by atoms with Crippen molar-refractivity contribution in [2.24, 2.45) is 0 Å². The number of rotatable bonds is 2. The van der Waals surface area contributed by atoms with Crippen molar-refractivity contribution in [2.45, 2.75) is 51.6 Å². The Morgan fingerprint density at radius 3 is 2.70 bits per heavy atom. The van der Waals surface area contributed by atoms with Crippen LogP contribution in [0.2, 0.25) is 0 Å². The quantitative estimate of drug-likeness (QED) is 0.599. The van der Waals surface area contributed by atoms with Crippen molar-refractivity contribution in [1.29, 1.82) is 0 Å². The number of benzene rings is 1. The lowest BCUT2D eigenvalue weighted by Gasteiger charge is -2.31. The van der Waals surface area contributed by atoms with E-state index in [1.54, 1.807) is 0 Å². The fourth-order valence-corrected chi connectivity index (χ4v) is 6.02. The standard InChI is InChI=1S/C23H24N2OS/c1-2-21(26)25-15-18-17-11-6-7-13-20(17)27-23(18)24-14-8-12-19(24)22(25)16-9-4-3-5-10-16/h3-5,8-10,12,14,22H,2,6-7,11,13,15H2,1H3. The number of amides is 1. The molecule has 0 bridgehead atoms. The molecule has 1 unspecified atom stereocenters. The van der Waals surface area contributed by atoms with Crippen molar-refractivity contribution >= 4 is 17.2 Å². The number of carbonyl (C=O) groups is 1. The number of fused-ring (bicyclic) bond motifs is 5. The minimum atomic E-state index is -0.0347. The molecular formula is C23H24N2OS. The van der Waals surface area contributed by atoms with Gasteiger partial charge in [-0.05, 0) is 48.9 Å². The van der Waals surface area contributed by atoms with Crippen LogP contribution in [-0.4, -0.2) is 15.4 Å². The van der Waals surface area contributed by atoms with Gasteiger partial charge in [0.2, 0.25) is 5.91 Å². The molecule has 3 nitrogen and oxygen atoms in total. The zero-order valence-corrected chi connectivity index (χ0v) is 16.5. The number of aryl methyl sites for hydroxylation is 1. The summed E-state index contributed by atoms with van der Waals surface area (Å²) in [5.74, 6) is 0.222. The first kappa shape index (κ1) is 16.8. The summed E-state index contributed by atoms with van der Waals surface area (Å²) in [6, 6.07) is 14.7. The van der Waals surface area contributed by atoms with E-state index in [1.807, 2.05) is 24.3 Å². The zero-order chi connectivity index (χ0) is 18.4. The summed E-state index contributed by atoms with van der Waals surface area (Å²) in [5.41, 5.74) is 5.28. The van der Waals surface area contributed by atoms with E-state index in [0.29, 0.717) is 6.42 Å². The number of nitrogens with zero attached hydrogens (tertiary/aromatic N) is 2. The molecule has 0 saturated heterocycles. The van der Waals surface area contributed by atoms with E-state index in [2.05, 4.69) is 52.1 Å². The van der Waals surface area contributed by atoms with Gasteiger partial charge in [-0.25, -0.2) is 0 Å². The van der Waals surface area contributed by atoms with Crippen molar-refractivity contribution in [3.05, 3.63) is 75.9 Å². The molecule has 1 aliphatic heterocycles. The topological polar surface area (TPSA) is 25.2 Å². The highest BCUT2D eigenvalue weighted by molar-refractivity contribution is 7.15. The van der Waals surface area contributed by atoms with Gasteiger partial charge in [0.25, 0.3) is 0 Å². The SMILES string of the molecule is CCC(=O)N1Cc2c(sc3c2CCCC3)-n2cccc2C1c1ccccc1. The van der Waals surface area contributed by atoms with Crippen LogP contribution in [0.5, 0.6) is 0 Å². The molecule has 0 spiro atoms. The van der Waals surface area contributed by atoms with Gasteiger partial charge in [0.15, 0.2) is 0 Å². The monoisotopic (exact) mass is 376 g/mol. The Hall–Kier alpha value is -2.33. The largest absolute Gasteiger partial charge is 0.326 e. The second-order valence-electron chi connectivity index (χ2n) is 7.49. The lowest BCUT2D eigenvalue weighted by molar-refractivity contribution is -0.133. The number of hydrogen-bond acceptors (Lipinski definition) is 2. The van der Waals surface area contributed by atoms with E-state index < -0.39 is 0 Å². The Morgan fingerprint density at radius 1 is 1.07 bits per heavy atom. The van der Waals surface area contributed by atoms with Gasteiger partial charge in [-0.15, -0.1) is 11.3 Å². The summed E-state index contributed by atoms with van der Waals surface area (Å²) in [5, 5.41) is 1.33. The van der Waals surface area contributed by atoms with Crippen LogP contribution >= 0.6 is 11.3 Å². The molecule has 138 valence electrons. The molecule has 1 atom stereocenters. The van der Waals surface area contributed by atoms with Gasteiger partial charge in [-0.2, -0.15) is 0 Å². The van der Waals surface area contributed by atoms with E-state index in [9.17, 15) is 4.79 Å². The van der Waals surface area contributed by atoms with E-state index >= 15 is 0 Å². The minimum Gasteiger partial charge on any atom is -0.326 e. The van der Waals surface area contributed by atoms with Gasteiger partial charge in [0.05, 0.1) is 11.7 Å². The third-order valence-electron chi connectivity index (χ3n) is 5.92. The van der Waals surface area contributed by atoms with Crippen molar-refractivity contribution < 1.29 is 4.79 Å². The van der Waals surface area contributed by atoms with Crippen LogP contribution in [0.1, 0.15) is 59.5 Å². The van der Waals surface area contributed by atoms with E-state index in [-0.39, 0.29) is 11.9 Å². The van der Waals surface area contributed by atoms with Gasteiger partial charge in [-0.1, -0.05) is 37.3 Å². The van der Waals surface area contributed by atoms with Crippen LogP contribution in [0.3, 0.4) is 0 Å². The van der Waals surface area contributed by atoms with Crippen molar-refractivity contribution in [3.63, 3.8) is 0 Å². The van der Waals surface area contributed by atoms with E-state index in [0.717, 1.165) is 13.0 Å². The number of aromatic nitrogens is 1. The first-order chi connectivity index (χ1) is 13.3. The average molecular weight is 377 g/mol. The van der Waals surface area contributed by atoms with E-state index in [1.165, 1.54) is 51.5 Å². The molecule has 0 N–H and O–H groups in total. The van der Waals surface area contributed by atoms with Gasteiger partial charge in [0, 0.05) is 29.6 Å².